The van der Waals surface area contributed by atoms with E-state index in [1.807, 2.05) is 19.1 Å². The third-order valence-electron chi connectivity index (χ3n) is 14.9. The quantitative estimate of drug-likeness (QED) is 0.0376. The highest BCUT2D eigenvalue weighted by molar-refractivity contribution is 5.07. The van der Waals surface area contributed by atoms with Gasteiger partial charge in [0, 0.05) is 0 Å². The van der Waals surface area contributed by atoms with Crippen LogP contribution in [-0.4, -0.2) is 286 Å². The van der Waals surface area contributed by atoms with Crippen LogP contribution in [0.25, 0.3) is 0 Å². The number of aliphatic hydroxyl groups excluding tert-OH is 16. The Balaban J connectivity index is 1.08. The zero-order valence-corrected chi connectivity index (χ0v) is 44.6. The number of aliphatic hydroxyl groups is 16. The minimum Gasteiger partial charge on any atom is -0.470 e. The molecular formula is C50H84O28. The van der Waals surface area contributed by atoms with Crippen molar-refractivity contribution in [3.05, 3.63) is 35.1 Å². The van der Waals surface area contributed by atoms with Crippen LogP contribution in [0.5, 0.6) is 0 Å². The molecule has 6 aliphatic heterocycles. The first-order valence-corrected chi connectivity index (χ1v) is 26.3. The van der Waals surface area contributed by atoms with Crippen LogP contribution in [0.15, 0.2) is 35.1 Å². The Bertz CT molecular complexity index is 1930. The van der Waals surface area contributed by atoms with Gasteiger partial charge in [-0.25, -0.2) is 0 Å². The van der Waals surface area contributed by atoms with Gasteiger partial charge in [-0.05, 0) is 79.7 Å². The Kier molecular flexibility index (Phi) is 24.2. The van der Waals surface area contributed by atoms with Crippen molar-refractivity contribution in [2.75, 3.05) is 19.8 Å². The number of ether oxygens (including phenoxy) is 12. The molecule has 28 nitrogen and oxygen atoms in total. The molecule has 0 amide bonds. The van der Waals surface area contributed by atoms with E-state index in [-0.39, 0.29) is 6.61 Å². The predicted octanol–water partition coefficient (Wildman–Crippen LogP) is -5.62. The number of hydrogen-bond acceptors (Lipinski definition) is 28. The third kappa shape index (κ3) is 15.4. The van der Waals surface area contributed by atoms with Crippen molar-refractivity contribution in [2.24, 2.45) is 0 Å². The van der Waals surface area contributed by atoms with Crippen LogP contribution in [0.4, 0.5) is 0 Å². The van der Waals surface area contributed by atoms with Crippen molar-refractivity contribution < 1.29 is 139 Å². The SMILES string of the molecule is C/C(=C/CC/C(C)=C/CC/C(C)=C/O[C@@H]1O[C@H](CO)[C@@H](O)[C@H](O[C@@H]2O[C@@H](C)[C@H](O)[C@@H](O)[C@H]2O)[C@H]1O[C@@H]1O[C@@H](C)[C@H](O)[C@@H](O)[C@H]1O)CO[C@@H]1O[C@H](CO)[C@@H](O)[C@H](O[C@@H]2O[C@@H](C)[C@H](O)[C@@H](O)[C@H]2O)[C@H]1O[C@@H]1O[C@@H](C)[C@H](O)[C@@H](O)[C@H]1O. The van der Waals surface area contributed by atoms with Crippen molar-refractivity contribution in [3.63, 3.8) is 0 Å². The molecule has 16 N–H and O–H groups in total. The monoisotopic (exact) mass is 1130 g/mol. The van der Waals surface area contributed by atoms with Crippen LogP contribution in [0, 0.1) is 0 Å². The van der Waals surface area contributed by atoms with Crippen LogP contribution in [0.2, 0.25) is 0 Å². The smallest absolute Gasteiger partial charge is 0.228 e. The average molecular weight is 1130 g/mol. The molecule has 0 radical (unpaired) electrons. The Morgan fingerprint density at radius 3 is 1.05 bits per heavy atom. The lowest BCUT2D eigenvalue weighted by Crippen LogP contribution is -2.66. The fraction of sp³-hybridized carbons (Fsp3) is 0.880. The Labute approximate surface area is 451 Å². The molecule has 0 aromatic rings. The number of allylic oxidation sites excluding steroid dienone is 4. The van der Waals surface area contributed by atoms with E-state index in [1.165, 1.54) is 34.0 Å². The van der Waals surface area contributed by atoms with Crippen LogP contribution >= 0.6 is 0 Å². The fourth-order valence-corrected chi connectivity index (χ4v) is 9.76. The van der Waals surface area contributed by atoms with Crippen molar-refractivity contribution >= 4 is 0 Å². The summed E-state index contributed by atoms with van der Waals surface area (Å²) in [6.07, 6.45) is -38.7. The van der Waals surface area contributed by atoms with Gasteiger partial charge in [-0.3, -0.25) is 0 Å². The summed E-state index contributed by atoms with van der Waals surface area (Å²) in [5.41, 5.74) is 2.41. The van der Waals surface area contributed by atoms with Crippen molar-refractivity contribution in [1.29, 1.82) is 0 Å². The maximum absolute atomic E-state index is 11.4. The van der Waals surface area contributed by atoms with E-state index in [2.05, 4.69) is 0 Å². The lowest BCUT2D eigenvalue weighted by molar-refractivity contribution is -0.388. The molecule has 0 unspecified atom stereocenters. The van der Waals surface area contributed by atoms with Gasteiger partial charge in [0.1, 0.15) is 116 Å². The standard InChI is InChI=1S/C50H84O28/c1-18(10-8-12-19(2)16-67-49-43(77-47-39(65)35(61)29(55)23(6)71-47)41(31(57)25(14-51)73-49)75-45-37(63)33(59)27(53)21(4)69-45)11-9-13-20(3)17-68-50-44(78-48-40(66)36(62)30(56)24(7)72-48)42(32(58)26(15-52)74-50)76-46-38(64)34(60)28(54)22(5)70-46/h10,13,16,21-66H,8-9,11-12,14-15,17H2,1-7H3/b18-10+,19-16+,20-13-/t21-,22-,23-,24-,25+,26+,27-,28-,29-,30-,31+,32+,33+,34+,35+,36+,37+,38+,39+,40+,41-,42-,43+,44+,45-,46-,47-,48-,49+,50+/m0/s1. The molecule has 28 heteroatoms. The molecule has 0 spiro atoms. The molecule has 6 aliphatic rings. The fourth-order valence-electron chi connectivity index (χ4n) is 9.76. The first-order valence-electron chi connectivity index (χ1n) is 26.3. The first kappa shape index (κ1) is 65.1. The van der Waals surface area contributed by atoms with Gasteiger partial charge in [0.2, 0.25) is 6.29 Å². The van der Waals surface area contributed by atoms with Gasteiger partial charge in [-0.2, -0.15) is 0 Å². The summed E-state index contributed by atoms with van der Waals surface area (Å²) >= 11 is 0. The first-order chi connectivity index (χ1) is 36.8. The van der Waals surface area contributed by atoms with E-state index < -0.39 is 197 Å². The van der Waals surface area contributed by atoms with Gasteiger partial charge in [0.15, 0.2) is 37.6 Å². The van der Waals surface area contributed by atoms with Crippen LogP contribution < -0.4 is 0 Å². The van der Waals surface area contributed by atoms with E-state index in [4.69, 9.17) is 56.8 Å². The van der Waals surface area contributed by atoms with Gasteiger partial charge in [-0.15, -0.1) is 0 Å². The number of rotatable bonds is 21. The van der Waals surface area contributed by atoms with E-state index >= 15 is 0 Å². The van der Waals surface area contributed by atoms with Crippen LogP contribution in [-0.2, 0) is 56.8 Å². The second-order valence-electron chi connectivity index (χ2n) is 21.2. The molecule has 0 aromatic carbocycles. The van der Waals surface area contributed by atoms with E-state index in [1.54, 1.807) is 13.8 Å². The van der Waals surface area contributed by atoms with Gasteiger partial charge >= 0.3 is 0 Å². The Hall–Kier alpha value is -2.06. The minimum absolute atomic E-state index is 0.0999. The summed E-state index contributed by atoms with van der Waals surface area (Å²) in [7, 11) is 0. The molecule has 6 fully saturated rings. The summed E-state index contributed by atoms with van der Waals surface area (Å²) in [5.74, 6) is 0. The van der Waals surface area contributed by atoms with Gasteiger partial charge < -0.3 is 139 Å². The highest BCUT2D eigenvalue weighted by atomic mass is 16.8. The molecule has 452 valence electrons. The zero-order chi connectivity index (χ0) is 57.6. The Morgan fingerprint density at radius 2 is 0.679 bits per heavy atom. The molecule has 0 saturated carbocycles. The van der Waals surface area contributed by atoms with Gasteiger partial charge in [0.05, 0.1) is 50.5 Å². The maximum Gasteiger partial charge on any atom is 0.228 e. The second kappa shape index (κ2) is 29.0. The highest BCUT2D eigenvalue weighted by Gasteiger charge is 2.56. The van der Waals surface area contributed by atoms with Gasteiger partial charge in [-0.1, -0.05) is 23.3 Å². The third-order valence-corrected chi connectivity index (χ3v) is 14.9. The van der Waals surface area contributed by atoms with Gasteiger partial charge in [0.25, 0.3) is 0 Å². The van der Waals surface area contributed by atoms with Crippen LogP contribution in [0.1, 0.15) is 74.1 Å². The number of hydrogen-bond donors (Lipinski definition) is 16. The van der Waals surface area contributed by atoms with E-state index in [0.29, 0.717) is 36.8 Å². The van der Waals surface area contributed by atoms with Crippen molar-refractivity contribution in [1.82, 2.24) is 0 Å². The zero-order valence-electron chi connectivity index (χ0n) is 44.6. The lowest BCUT2D eigenvalue weighted by atomic mass is 9.96. The lowest BCUT2D eigenvalue weighted by Gasteiger charge is -2.48. The molecular weight excluding hydrogens is 1050 g/mol. The normalized spacial score (nSPS) is 48.2. The predicted molar refractivity (Wildman–Crippen MR) is 259 cm³/mol. The summed E-state index contributed by atoms with van der Waals surface area (Å²) in [4.78, 5) is 0. The maximum atomic E-state index is 11.4. The van der Waals surface area contributed by atoms with Crippen molar-refractivity contribution in [2.45, 2.75) is 258 Å². The highest BCUT2D eigenvalue weighted by Crippen LogP contribution is 2.36. The minimum atomic E-state index is -1.82. The molecule has 0 aliphatic carbocycles. The average Bonchev–Trinajstić information content (AvgIpc) is 3.46. The molecule has 6 rings (SSSR count). The molecule has 78 heavy (non-hydrogen) atoms. The molecule has 30 atom stereocenters. The van der Waals surface area contributed by atoms with E-state index in [9.17, 15) is 81.7 Å². The largest absolute Gasteiger partial charge is 0.470 e. The topological polar surface area (TPSA) is 434 Å². The summed E-state index contributed by atoms with van der Waals surface area (Å²) in [5, 5.41) is 170. The molecule has 0 aromatic heterocycles. The Morgan fingerprint density at radius 1 is 0.359 bits per heavy atom. The van der Waals surface area contributed by atoms with Crippen molar-refractivity contribution in [3.8, 4) is 0 Å². The molecule has 6 saturated heterocycles. The van der Waals surface area contributed by atoms with E-state index in [0.717, 1.165) is 5.57 Å². The summed E-state index contributed by atoms with van der Waals surface area (Å²) in [6.45, 7) is 9.57. The molecule has 6 heterocycles. The second-order valence-corrected chi connectivity index (χ2v) is 21.2. The summed E-state index contributed by atoms with van der Waals surface area (Å²) in [6, 6.07) is 0. The molecule has 0 bridgehead atoms. The summed E-state index contributed by atoms with van der Waals surface area (Å²) < 4.78 is 70.7. The van der Waals surface area contributed by atoms with Crippen LogP contribution in [0.3, 0.4) is 0 Å².